The summed E-state index contributed by atoms with van der Waals surface area (Å²) in [6, 6.07) is 21.5. The first kappa shape index (κ1) is 14.2. The number of hydrogen-bond donors (Lipinski definition) is 0. The lowest BCUT2D eigenvalue weighted by Crippen LogP contribution is -2.38. The molecule has 0 saturated carbocycles. The Hall–Kier alpha value is -1.87. The maximum atomic E-state index is 8.89. The third kappa shape index (κ3) is 4.97. The number of rotatable bonds is 2. The lowest BCUT2D eigenvalue weighted by molar-refractivity contribution is -0.302. The first-order valence-corrected chi connectivity index (χ1v) is 7.73. The molecule has 92 valence electrons. The largest absolute Gasteiger partial charge is 0.550 e. The molecule has 2 nitrogen and oxygen atoms in total. The summed E-state index contributed by atoms with van der Waals surface area (Å²) in [4.78, 5) is 8.89. The number of benzene rings is 2. The molecule has 2 rings (SSSR count). The van der Waals surface area contributed by atoms with Gasteiger partial charge in [0, 0.05) is 5.97 Å². The molecular weight excluding hydrogens is 240 g/mol. The highest BCUT2D eigenvalue weighted by Crippen LogP contribution is 1.91. The lowest BCUT2D eigenvalue weighted by atomic mass is 10.4. The molecule has 18 heavy (non-hydrogen) atoms. The summed E-state index contributed by atoms with van der Waals surface area (Å²) in [5.41, 5.74) is 0. The molecule has 0 aliphatic carbocycles. The highest BCUT2D eigenvalue weighted by Gasteiger charge is 2.25. The third-order valence-corrected chi connectivity index (χ3v) is 4.81. The van der Waals surface area contributed by atoms with Gasteiger partial charge >= 0.3 is 8.80 Å². The molecule has 3 heteroatoms. The Morgan fingerprint density at radius 1 is 0.889 bits per heavy atom. The number of aliphatic carboxylic acids is 1. The van der Waals surface area contributed by atoms with E-state index in [-0.39, 0.29) is 0 Å². The van der Waals surface area contributed by atoms with Gasteiger partial charge in [0.15, 0.2) is 0 Å². The summed E-state index contributed by atoms with van der Waals surface area (Å²) in [6.45, 7) is 3.31. The van der Waals surface area contributed by atoms with Crippen LogP contribution in [-0.2, 0) is 4.79 Å². The minimum Gasteiger partial charge on any atom is -0.550 e. The first-order valence-electron chi connectivity index (χ1n) is 5.73. The smallest absolute Gasteiger partial charge is 0.387 e. The van der Waals surface area contributed by atoms with Crippen molar-refractivity contribution < 1.29 is 9.90 Å². The fraction of sp³-hybridized carbons (Fsp3) is 0.133. The van der Waals surface area contributed by atoms with Crippen LogP contribution in [0.4, 0.5) is 0 Å². The summed E-state index contributed by atoms with van der Waals surface area (Å²) in [5.74, 6) is -1.08. The van der Waals surface area contributed by atoms with Crippen LogP contribution in [-0.4, -0.2) is 14.8 Å². The van der Waals surface area contributed by atoms with Gasteiger partial charge in [-0.3, -0.25) is 0 Å². The van der Waals surface area contributed by atoms with Crippen molar-refractivity contribution in [1.29, 1.82) is 0 Å². The highest BCUT2D eigenvalue weighted by atomic mass is 28.3. The zero-order valence-corrected chi connectivity index (χ0v) is 11.6. The van der Waals surface area contributed by atoms with E-state index in [2.05, 4.69) is 67.2 Å². The normalized spacial score (nSPS) is 9.00. The zero-order chi connectivity index (χ0) is 13.4. The Balaban J connectivity index is 0.000000357. The van der Waals surface area contributed by atoms with Crippen LogP contribution in [0.5, 0.6) is 0 Å². The van der Waals surface area contributed by atoms with Gasteiger partial charge in [-0.1, -0.05) is 36.4 Å². The van der Waals surface area contributed by atoms with E-state index in [1.807, 2.05) is 0 Å². The molecule has 0 fully saturated rings. The second-order valence-electron chi connectivity index (χ2n) is 3.85. The van der Waals surface area contributed by atoms with Crippen LogP contribution in [0.3, 0.4) is 0 Å². The molecule has 0 atom stereocenters. The molecule has 0 unspecified atom stereocenters. The summed E-state index contributed by atoms with van der Waals surface area (Å²) in [6.07, 6.45) is 0. The van der Waals surface area contributed by atoms with Crippen molar-refractivity contribution in [3.05, 3.63) is 60.7 Å². The molecule has 2 aromatic rings. The first-order chi connectivity index (χ1) is 8.61. The van der Waals surface area contributed by atoms with Crippen LogP contribution in [0.25, 0.3) is 0 Å². The molecule has 0 saturated heterocycles. The van der Waals surface area contributed by atoms with E-state index in [9.17, 15) is 0 Å². The molecule has 0 bridgehead atoms. The molecule has 2 aromatic carbocycles. The molecule has 0 aliphatic heterocycles. The van der Waals surface area contributed by atoms with Crippen molar-refractivity contribution >= 4 is 25.1 Å². The molecular formula is C15H16O2Si. The van der Waals surface area contributed by atoms with Gasteiger partial charge in [0.25, 0.3) is 0 Å². The van der Waals surface area contributed by atoms with Crippen molar-refractivity contribution in [3.63, 3.8) is 0 Å². The predicted molar refractivity (Wildman–Crippen MR) is 74.5 cm³/mol. The number of carbonyl (C=O) groups is 1. The van der Waals surface area contributed by atoms with Crippen molar-refractivity contribution in [2.45, 2.75) is 13.5 Å². The standard InChI is InChI=1S/C13H13Si.C2H4O2/c1-14(12-8-4-2-5-9-12)13-10-6-3-7-11-13;1-2(3)4/h2-11H,1H3;1H3,(H,3,4)/q+1;/p-1. The van der Waals surface area contributed by atoms with Gasteiger partial charge in [0.05, 0.1) is 6.55 Å². The molecule has 0 N–H and O–H groups in total. The van der Waals surface area contributed by atoms with Crippen LogP contribution >= 0.6 is 0 Å². The van der Waals surface area contributed by atoms with Crippen LogP contribution in [0, 0.1) is 0 Å². The molecule has 0 radical (unpaired) electrons. The minimum atomic E-state index is -1.08. The zero-order valence-electron chi connectivity index (χ0n) is 10.6. The van der Waals surface area contributed by atoms with Gasteiger partial charge in [-0.25, -0.2) is 0 Å². The van der Waals surface area contributed by atoms with E-state index in [1.165, 1.54) is 10.4 Å². The maximum absolute atomic E-state index is 8.89. The lowest BCUT2D eigenvalue weighted by Gasteiger charge is -1.95. The molecule has 0 heterocycles. The number of carbonyl (C=O) groups excluding carboxylic acids is 1. The van der Waals surface area contributed by atoms with E-state index in [0.717, 1.165) is 6.92 Å². The van der Waals surface area contributed by atoms with E-state index in [0.29, 0.717) is 0 Å². The number of carboxylic acid groups (broad SMARTS) is 1. The third-order valence-electron chi connectivity index (χ3n) is 2.41. The predicted octanol–water partition coefficient (Wildman–Crippen LogP) is 0.682. The summed E-state index contributed by atoms with van der Waals surface area (Å²) >= 11 is 0. The fourth-order valence-electron chi connectivity index (χ4n) is 1.54. The average Bonchev–Trinajstić information content (AvgIpc) is 2.39. The number of hydrogen-bond acceptors (Lipinski definition) is 2. The molecule has 0 amide bonds. The topological polar surface area (TPSA) is 40.1 Å². The molecule has 0 aliphatic rings. The second-order valence-corrected chi connectivity index (χ2v) is 6.25. The van der Waals surface area contributed by atoms with E-state index < -0.39 is 14.8 Å². The van der Waals surface area contributed by atoms with Crippen LogP contribution in [0.1, 0.15) is 6.92 Å². The van der Waals surface area contributed by atoms with Crippen molar-refractivity contribution in [3.8, 4) is 0 Å². The second kappa shape index (κ2) is 7.45. The maximum Gasteiger partial charge on any atom is 0.387 e. The van der Waals surface area contributed by atoms with Gasteiger partial charge in [0.2, 0.25) is 0 Å². The Kier molecular flexibility index (Phi) is 5.87. The Morgan fingerprint density at radius 3 is 1.44 bits per heavy atom. The Bertz CT molecular complexity index is 425. The van der Waals surface area contributed by atoms with Crippen molar-refractivity contribution in [1.82, 2.24) is 0 Å². The van der Waals surface area contributed by atoms with E-state index >= 15 is 0 Å². The van der Waals surface area contributed by atoms with Crippen LogP contribution in [0.15, 0.2) is 60.7 Å². The van der Waals surface area contributed by atoms with Gasteiger partial charge in [-0.05, 0) is 31.2 Å². The number of carboxylic acids is 1. The Labute approximate surface area is 110 Å². The summed E-state index contributed by atoms with van der Waals surface area (Å²) < 4.78 is 0. The molecule has 0 aromatic heterocycles. The van der Waals surface area contributed by atoms with Crippen LogP contribution < -0.4 is 15.5 Å². The van der Waals surface area contributed by atoms with E-state index in [1.54, 1.807) is 0 Å². The van der Waals surface area contributed by atoms with E-state index in [4.69, 9.17) is 9.90 Å². The average molecular weight is 256 g/mol. The highest BCUT2D eigenvalue weighted by molar-refractivity contribution is 6.84. The quantitative estimate of drug-likeness (QED) is 0.741. The van der Waals surface area contributed by atoms with Gasteiger partial charge in [-0.15, -0.1) is 0 Å². The Morgan fingerprint density at radius 2 is 1.17 bits per heavy atom. The van der Waals surface area contributed by atoms with Crippen molar-refractivity contribution in [2.75, 3.05) is 0 Å². The van der Waals surface area contributed by atoms with Crippen molar-refractivity contribution in [2.24, 2.45) is 0 Å². The fourth-order valence-corrected chi connectivity index (χ4v) is 3.26. The molecule has 0 spiro atoms. The monoisotopic (exact) mass is 256 g/mol. The SMILES string of the molecule is CC(=O)[O-].C[Si+](c1ccccc1)c1ccccc1. The van der Waals surface area contributed by atoms with Gasteiger partial charge in [-0.2, -0.15) is 0 Å². The summed E-state index contributed by atoms with van der Waals surface area (Å²) in [5, 5.41) is 11.8. The minimum absolute atomic E-state index is 0.545. The summed E-state index contributed by atoms with van der Waals surface area (Å²) in [7, 11) is -0.545. The van der Waals surface area contributed by atoms with Gasteiger partial charge in [0.1, 0.15) is 10.4 Å². The van der Waals surface area contributed by atoms with Crippen LogP contribution in [0.2, 0.25) is 6.55 Å². The van der Waals surface area contributed by atoms with Gasteiger partial charge < -0.3 is 9.90 Å².